The van der Waals surface area contributed by atoms with E-state index in [0.717, 1.165) is 45.3 Å². The van der Waals surface area contributed by atoms with Gasteiger partial charge in [-0.2, -0.15) is 39.5 Å². The van der Waals surface area contributed by atoms with E-state index in [9.17, 15) is 52.7 Å². The normalized spacial score (nSPS) is 41.5. The summed E-state index contributed by atoms with van der Waals surface area (Å²) < 4.78 is 145. The highest BCUT2D eigenvalue weighted by Crippen LogP contribution is 2.49. The Morgan fingerprint density at radius 1 is 0.682 bits per heavy atom. The predicted octanol–water partition coefficient (Wildman–Crippen LogP) is 5.50. The minimum absolute atomic E-state index is 0.0293. The molecule has 0 aromatic rings. The number of ether oxygens (including phenoxy) is 1. The molecule has 8 bridgehead atoms. The minimum atomic E-state index is -4.46. The van der Waals surface area contributed by atoms with Crippen molar-refractivity contribution >= 4 is 11.8 Å². The zero-order valence-electron chi connectivity index (χ0n) is 23.1. The van der Waals surface area contributed by atoms with Crippen LogP contribution in [0.25, 0.3) is 0 Å². The van der Waals surface area contributed by atoms with Crippen LogP contribution in [0.3, 0.4) is 0 Å². The van der Waals surface area contributed by atoms with E-state index in [-0.39, 0.29) is 64.9 Å². The Morgan fingerprint density at radius 2 is 1.27 bits per heavy atom. The number of fused-ring (bicyclic) bond motifs is 4. The molecule has 4 N–H and O–H groups in total. The van der Waals surface area contributed by atoms with Crippen molar-refractivity contribution in [2.45, 2.75) is 91.8 Å². The molecule has 4 saturated carbocycles. The Labute approximate surface area is 250 Å². The largest absolute Gasteiger partial charge is 0.522 e. The van der Waals surface area contributed by atoms with Crippen LogP contribution in [-0.4, -0.2) is 85.9 Å². The lowest BCUT2D eigenvalue weighted by Gasteiger charge is -2.34. The van der Waals surface area contributed by atoms with Gasteiger partial charge in [0.1, 0.15) is 0 Å². The number of thioether (sulfide) groups is 1. The highest BCUT2D eigenvalue weighted by molar-refractivity contribution is 8.00. The van der Waals surface area contributed by atoms with E-state index < -0.39 is 36.7 Å². The van der Waals surface area contributed by atoms with E-state index in [2.05, 4.69) is 26.0 Å². The van der Waals surface area contributed by atoms with E-state index in [1.54, 1.807) is 0 Å². The van der Waals surface area contributed by atoms with Crippen LogP contribution in [0.15, 0.2) is 11.6 Å². The van der Waals surface area contributed by atoms with Crippen molar-refractivity contribution < 1.29 is 57.4 Å². The van der Waals surface area contributed by atoms with E-state index in [0.29, 0.717) is 24.1 Å². The molecule has 8 saturated heterocycles. The second-order valence-electron chi connectivity index (χ2n) is 12.7. The van der Waals surface area contributed by atoms with Gasteiger partial charge in [-0.15, -0.1) is 13.2 Å². The van der Waals surface area contributed by atoms with Crippen molar-refractivity contribution in [2.75, 3.05) is 26.2 Å². The Kier molecular flexibility index (Phi) is 9.83. The molecule has 0 aromatic carbocycles. The first kappa shape index (κ1) is 34.4. The summed E-state index contributed by atoms with van der Waals surface area (Å²) in [4.78, 5) is 0. The molecule has 9 unspecified atom stereocenters. The Hall–Kier alpha value is -0.950. The van der Waals surface area contributed by atoms with Gasteiger partial charge in [-0.1, -0.05) is 0 Å². The quantitative estimate of drug-likeness (QED) is 0.234. The third-order valence-corrected chi connectivity index (χ3v) is 11.0. The van der Waals surface area contributed by atoms with Gasteiger partial charge in [-0.05, 0) is 79.8 Å². The second-order valence-corrected chi connectivity index (χ2v) is 13.9. The van der Waals surface area contributed by atoms with E-state index in [4.69, 9.17) is 0 Å². The fourth-order valence-corrected chi connectivity index (χ4v) is 8.53. The third kappa shape index (κ3) is 8.69. The van der Waals surface area contributed by atoms with Crippen LogP contribution < -0.4 is 21.3 Å². The summed E-state index contributed by atoms with van der Waals surface area (Å²) in [7, 11) is 0. The minimum Gasteiger partial charge on any atom is -0.313 e. The zero-order chi connectivity index (χ0) is 32.2. The molecular weight excluding hydrogens is 644 g/mol. The van der Waals surface area contributed by atoms with E-state index in [1.165, 1.54) is 0 Å². The molecule has 44 heavy (non-hydrogen) atoms. The zero-order valence-corrected chi connectivity index (χ0v) is 24.0. The van der Waals surface area contributed by atoms with Gasteiger partial charge in [0.25, 0.3) is 0 Å². The van der Waals surface area contributed by atoms with Gasteiger partial charge in [-0.25, -0.2) is 0 Å². The van der Waals surface area contributed by atoms with Crippen molar-refractivity contribution in [3.63, 3.8) is 0 Å². The first-order valence-corrected chi connectivity index (χ1v) is 15.4. The monoisotopic (exact) mass is 678 g/mol. The van der Waals surface area contributed by atoms with Gasteiger partial charge >= 0.3 is 24.2 Å². The van der Waals surface area contributed by atoms with Gasteiger partial charge in [0, 0.05) is 60.9 Å². The average Bonchev–Trinajstić information content (AvgIpc) is 3.70. The number of hydrogen-bond donors (Lipinski definition) is 4. The summed E-state index contributed by atoms with van der Waals surface area (Å²) in [5, 5.41) is 11.9. The molecule has 12 fully saturated rings. The molecule has 12 aliphatic rings. The third-order valence-electron chi connectivity index (χ3n) is 9.78. The first-order chi connectivity index (χ1) is 20.2. The number of alkyl halides is 12. The van der Waals surface area contributed by atoms with E-state index >= 15 is 0 Å². The van der Waals surface area contributed by atoms with Crippen molar-refractivity contribution in [1.82, 2.24) is 21.3 Å². The highest BCUT2D eigenvalue weighted by atomic mass is 32.2. The summed E-state index contributed by atoms with van der Waals surface area (Å²) >= 11 is 0.160. The molecule has 0 spiro atoms. The Bertz CT molecular complexity index is 886. The SMILES string of the molecule is FC(F)(F)/C=C1\C2CNC1C2.FC(F)(F)CC1C2CNC1C2.FC(F)(F)O[C@H]1C2CNC1C2.FC(F)(F)S[C@H]1C2CNC1C2. The van der Waals surface area contributed by atoms with Crippen LogP contribution >= 0.6 is 11.8 Å². The molecule has 12 rings (SSSR count). The maximum atomic E-state index is 11.9. The molecule has 8 aliphatic heterocycles. The van der Waals surface area contributed by atoms with Crippen molar-refractivity contribution in [3.05, 3.63) is 11.6 Å². The maximum Gasteiger partial charge on any atom is 0.522 e. The molecule has 254 valence electrons. The van der Waals surface area contributed by atoms with E-state index in [1.807, 2.05) is 0 Å². The van der Waals surface area contributed by atoms with Crippen LogP contribution in [0.1, 0.15) is 32.1 Å². The Morgan fingerprint density at radius 3 is 1.64 bits per heavy atom. The summed E-state index contributed by atoms with van der Waals surface area (Å²) in [6.07, 6.45) is -9.69. The number of allylic oxidation sites excluding steroid dienone is 1. The number of nitrogens with one attached hydrogen (secondary N) is 4. The van der Waals surface area contributed by atoms with Gasteiger partial charge in [0.15, 0.2) is 0 Å². The van der Waals surface area contributed by atoms with Gasteiger partial charge in [0.05, 0.1) is 6.10 Å². The highest BCUT2D eigenvalue weighted by Gasteiger charge is 2.53. The smallest absolute Gasteiger partial charge is 0.313 e. The second kappa shape index (κ2) is 12.6. The summed E-state index contributed by atoms with van der Waals surface area (Å²) in [6.45, 7) is 2.97. The van der Waals surface area contributed by atoms with Crippen LogP contribution in [-0.2, 0) is 4.74 Å². The summed E-state index contributed by atoms with van der Waals surface area (Å²) in [5.74, 6) is 0.714. The fraction of sp³-hybridized carbons (Fsp3) is 0.923. The number of rotatable bonds is 3. The molecule has 8 heterocycles. The fourth-order valence-electron chi connectivity index (χ4n) is 7.45. The maximum absolute atomic E-state index is 11.9. The summed E-state index contributed by atoms with van der Waals surface area (Å²) in [5.41, 5.74) is -3.49. The number of halogens is 12. The molecule has 18 heteroatoms. The molecule has 4 aliphatic carbocycles. The van der Waals surface area contributed by atoms with Crippen molar-refractivity contribution in [2.24, 2.45) is 29.6 Å². The van der Waals surface area contributed by atoms with Gasteiger partial charge in [0.2, 0.25) is 0 Å². The summed E-state index contributed by atoms with van der Waals surface area (Å²) in [6, 6.07) is 0.275. The first-order valence-electron chi connectivity index (χ1n) is 14.5. The molecule has 0 amide bonds. The van der Waals surface area contributed by atoms with Crippen LogP contribution in [0, 0.1) is 29.6 Å². The average molecular weight is 679 g/mol. The van der Waals surface area contributed by atoms with Crippen LogP contribution in [0.2, 0.25) is 0 Å². The van der Waals surface area contributed by atoms with Crippen LogP contribution in [0.4, 0.5) is 52.7 Å². The lowest BCUT2D eigenvalue weighted by atomic mass is 9.72. The standard InChI is InChI=1S/C7H10F3N.C7H8F3N.C6H8F3NO.C6H8F3NS/c2*8-7(9,10)2-5-4-1-6(5)11-3-4;2*7-6(8,9)11-5-3-1-4(5)10-2-3/h4-6,11H,1-3H2;2,4,6,11H,1,3H2;2*3-5,10H,1-2H2/b;5-2+;;/t;;2*3?,4?,5-/m..00/s1. The molecule has 5 nitrogen and oxygen atoms in total. The molecule has 0 aromatic heterocycles. The van der Waals surface area contributed by atoms with Gasteiger partial charge < -0.3 is 21.3 Å². The van der Waals surface area contributed by atoms with Crippen molar-refractivity contribution in [3.8, 4) is 0 Å². The van der Waals surface area contributed by atoms with Crippen molar-refractivity contribution in [1.29, 1.82) is 0 Å². The predicted molar refractivity (Wildman–Crippen MR) is 136 cm³/mol. The van der Waals surface area contributed by atoms with Crippen LogP contribution in [0.5, 0.6) is 0 Å². The Balaban J connectivity index is 0.000000116. The topological polar surface area (TPSA) is 57.4 Å². The number of hydrogen-bond acceptors (Lipinski definition) is 6. The lowest BCUT2D eigenvalue weighted by molar-refractivity contribution is -0.356. The molecule has 11 atom stereocenters. The lowest BCUT2D eigenvalue weighted by Crippen LogP contribution is -2.46. The van der Waals surface area contributed by atoms with Gasteiger partial charge in [-0.3, -0.25) is 4.74 Å². The molecular formula is C26H34F12N4OS. The molecule has 0 radical (unpaired) electrons.